The van der Waals surface area contributed by atoms with Crippen LogP contribution in [-0.2, 0) is 0 Å². The highest BCUT2D eigenvalue weighted by molar-refractivity contribution is 5.26. The highest BCUT2D eigenvalue weighted by atomic mass is 19.1. The SMILES string of the molecule is Fc1ncccc1-n1c[c]nn1. The minimum absolute atomic E-state index is 0.270. The molecule has 0 unspecified atom stereocenters. The highest BCUT2D eigenvalue weighted by Crippen LogP contribution is 2.06. The van der Waals surface area contributed by atoms with E-state index >= 15 is 0 Å². The fourth-order valence-corrected chi connectivity index (χ4v) is 0.846. The van der Waals surface area contributed by atoms with Crippen LogP contribution >= 0.6 is 0 Å². The minimum Gasteiger partial charge on any atom is -0.226 e. The summed E-state index contributed by atoms with van der Waals surface area (Å²) in [4.78, 5) is 3.47. The molecule has 0 amide bonds. The standard InChI is InChI=1S/C7H4FN4/c8-7-6(2-1-3-9-7)12-5-4-10-11-12/h1-3,5H. The molecule has 0 bridgehead atoms. The van der Waals surface area contributed by atoms with E-state index in [-0.39, 0.29) is 5.69 Å². The Morgan fingerprint density at radius 2 is 2.42 bits per heavy atom. The molecule has 59 valence electrons. The Morgan fingerprint density at radius 3 is 3.08 bits per heavy atom. The molecular weight excluding hydrogens is 159 g/mol. The van der Waals surface area contributed by atoms with E-state index in [1.165, 1.54) is 17.1 Å². The van der Waals surface area contributed by atoms with Gasteiger partial charge in [-0.05, 0) is 12.1 Å². The molecule has 5 heteroatoms. The Hall–Kier alpha value is -1.78. The van der Waals surface area contributed by atoms with Crippen molar-refractivity contribution in [1.82, 2.24) is 20.0 Å². The maximum absolute atomic E-state index is 12.9. The van der Waals surface area contributed by atoms with Crippen molar-refractivity contribution in [3.05, 3.63) is 36.7 Å². The number of rotatable bonds is 1. The van der Waals surface area contributed by atoms with Crippen molar-refractivity contribution in [2.75, 3.05) is 0 Å². The molecule has 0 atom stereocenters. The average Bonchev–Trinajstić information content (AvgIpc) is 2.57. The fraction of sp³-hybridized carbons (Fsp3) is 0. The van der Waals surface area contributed by atoms with Crippen LogP contribution in [0.1, 0.15) is 0 Å². The van der Waals surface area contributed by atoms with Gasteiger partial charge in [-0.1, -0.05) is 5.21 Å². The predicted molar refractivity (Wildman–Crippen MR) is 37.9 cm³/mol. The highest BCUT2D eigenvalue weighted by Gasteiger charge is 2.03. The molecule has 0 N–H and O–H groups in total. The molecule has 0 aliphatic heterocycles. The zero-order valence-electron chi connectivity index (χ0n) is 5.98. The lowest BCUT2D eigenvalue weighted by molar-refractivity contribution is 0.566. The monoisotopic (exact) mass is 163 g/mol. The second kappa shape index (κ2) is 2.69. The first kappa shape index (κ1) is 6.90. The molecule has 2 aromatic rings. The third-order valence-electron chi connectivity index (χ3n) is 1.37. The zero-order chi connectivity index (χ0) is 8.39. The van der Waals surface area contributed by atoms with Gasteiger partial charge in [0.15, 0.2) is 0 Å². The lowest BCUT2D eigenvalue weighted by atomic mass is 10.4. The Morgan fingerprint density at radius 1 is 1.50 bits per heavy atom. The molecule has 4 nitrogen and oxygen atoms in total. The molecule has 0 aliphatic carbocycles. The first-order valence-electron chi connectivity index (χ1n) is 3.27. The van der Waals surface area contributed by atoms with Gasteiger partial charge >= 0.3 is 0 Å². The summed E-state index contributed by atoms with van der Waals surface area (Å²) in [6, 6.07) is 3.19. The van der Waals surface area contributed by atoms with Crippen LogP contribution in [0.5, 0.6) is 0 Å². The number of pyridine rings is 1. The van der Waals surface area contributed by atoms with Gasteiger partial charge in [-0.3, -0.25) is 0 Å². The number of aromatic nitrogens is 4. The van der Waals surface area contributed by atoms with Crippen molar-refractivity contribution in [3.63, 3.8) is 0 Å². The van der Waals surface area contributed by atoms with Crippen molar-refractivity contribution in [3.8, 4) is 5.69 Å². The van der Waals surface area contributed by atoms with Gasteiger partial charge in [0.25, 0.3) is 0 Å². The molecule has 12 heavy (non-hydrogen) atoms. The molecule has 1 radical (unpaired) electrons. The quantitative estimate of drug-likeness (QED) is 0.578. The first-order valence-corrected chi connectivity index (χ1v) is 3.27. The predicted octanol–water partition coefficient (Wildman–Crippen LogP) is 0.602. The van der Waals surface area contributed by atoms with Crippen molar-refractivity contribution in [1.29, 1.82) is 0 Å². The second-order valence-electron chi connectivity index (χ2n) is 2.11. The van der Waals surface area contributed by atoms with E-state index in [9.17, 15) is 4.39 Å². The van der Waals surface area contributed by atoms with E-state index in [0.29, 0.717) is 0 Å². The summed E-state index contributed by atoms with van der Waals surface area (Å²) in [5, 5.41) is 7.01. The van der Waals surface area contributed by atoms with Crippen LogP contribution in [0.3, 0.4) is 0 Å². The number of hydrogen-bond acceptors (Lipinski definition) is 3. The Kier molecular flexibility index (Phi) is 1.55. The lowest BCUT2D eigenvalue weighted by Gasteiger charge is -1.98. The third kappa shape index (κ3) is 1.05. The van der Waals surface area contributed by atoms with Crippen LogP contribution in [0.15, 0.2) is 24.5 Å². The summed E-state index contributed by atoms with van der Waals surface area (Å²) >= 11 is 0. The molecule has 2 heterocycles. The largest absolute Gasteiger partial charge is 0.238 e. The topological polar surface area (TPSA) is 43.6 Å². The van der Waals surface area contributed by atoms with Gasteiger partial charge in [-0.2, -0.15) is 4.39 Å². The van der Waals surface area contributed by atoms with Crippen LogP contribution in [0.2, 0.25) is 0 Å². The van der Waals surface area contributed by atoms with Crippen LogP contribution in [0.25, 0.3) is 5.69 Å². The molecule has 0 spiro atoms. The summed E-state index contributed by atoms with van der Waals surface area (Å²) in [6.07, 6.45) is 5.27. The summed E-state index contributed by atoms with van der Waals surface area (Å²) < 4.78 is 14.2. The molecule has 2 rings (SSSR count). The van der Waals surface area contributed by atoms with E-state index in [1.54, 1.807) is 12.1 Å². The maximum Gasteiger partial charge on any atom is 0.238 e. The van der Waals surface area contributed by atoms with Crippen LogP contribution < -0.4 is 0 Å². The van der Waals surface area contributed by atoms with Crippen molar-refractivity contribution in [2.24, 2.45) is 0 Å². The third-order valence-corrected chi connectivity index (χ3v) is 1.37. The van der Waals surface area contributed by atoms with Crippen LogP contribution in [-0.4, -0.2) is 20.0 Å². The van der Waals surface area contributed by atoms with E-state index in [4.69, 9.17) is 0 Å². The second-order valence-corrected chi connectivity index (χ2v) is 2.11. The van der Waals surface area contributed by atoms with Crippen molar-refractivity contribution in [2.45, 2.75) is 0 Å². The van der Waals surface area contributed by atoms with Gasteiger partial charge in [0, 0.05) is 6.20 Å². The molecule has 0 aliphatic rings. The Bertz CT molecular complexity index is 371. The number of hydrogen-bond donors (Lipinski definition) is 0. The van der Waals surface area contributed by atoms with Crippen molar-refractivity contribution >= 4 is 0 Å². The van der Waals surface area contributed by atoms with Crippen LogP contribution in [0, 0.1) is 12.1 Å². The van der Waals surface area contributed by atoms with Crippen LogP contribution in [0.4, 0.5) is 4.39 Å². The Labute approximate surface area is 67.7 Å². The van der Waals surface area contributed by atoms with Gasteiger partial charge in [-0.15, -0.1) is 5.10 Å². The summed E-state index contributed by atoms with van der Waals surface area (Å²) in [5.41, 5.74) is 0.270. The fourth-order valence-electron chi connectivity index (χ4n) is 0.846. The number of nitrogens with zero attached hydrogens (tertiary/aromatic N) is 4. The summed E-state index contributed by atoms with van der Waals surface area (Å²) in [5.74, 6) is -0.573. The van der Waals surface area contributed by atoms with Gasteiger partial charge in [0.1, 0.15) is 11.9 Å². The molecular formula is C7H4FN4. The minimum atomic E-state index is -0.573. The number of halogens is 1. The Balaban J connectivity index is 2.55. The first-order chi connectivity index (χ1) is 5.88. The molecule has 0 aromatic carbocycles. The summed E-state index contributed by atoms with van der Waals surface area (Å²) in [7, 11) is 0. The smallest absolute Gasteiger partial charge is 0.226 e. The van der Waals surface area contributed by atoms with Gasteiger partial charge in [-0.25, -0.2) is 9.67 Å². The van der Waals surface area contributed by atoms with E-state index in [1.807, 2.05) is 0 Å². The van der Waals surface area contributed by atoms with E-state index in [2.05, 4.69) is 21.5 Å². The average molecular weight is 163 g/mol. The molecule has 0 fully saturated rings. The maximum atomic E-state index is 12.9. The van der Waals surface area contributed by atoms with Gasteiger partial charge in [0.2, 0.25) is 5.95 Å². The summed E-state index contributed by atoms with van der Waals surface area (Å²) in [6.45, 7) is 0. The normalized spacial score (nSPS) is 10.1. The van der Waals surface area contributed by atoms with Gasteiger partial charge in [0.05, 0.1) is 6.20 Å². The van der Waals surface area contributed by atoms with Gasteiger partial charge < -0.3 is 0 Å². The molecule has 0 saturated heterocycles. The zero-order valence-corrected chi connectivity index (χ0v) is 5.98. The van der Waals surface area contributed by atoms with Crippen molar-refractivity contribution < 1.29 is 4.39 Å². The van der Waals surface area contributed by atoms with E-state index in [0.717, 1.165) is 0 Å². The van der Waals surface area contributed by atoms with E-state index < -0.39 is 5.95 Å². The lowest BCUT2D eigenvalue weighted by Crippen LogP contribution is -1.99. The molecule has 0 saturated carbocycles. The molecule has 2 aromatic heterocycles.